The smallest absolute Gasteiger partial charge is 0.308 e. The van der Waals surface area contributed by atoms with Gasteiger partial charge in [-0.15, -0.1) is 0 Å². The van der Waals surface area contributed by atoms with Gasteiger partial charge in [-0.1, -0.05) is 32.0 Å². The van der Waals surface area contributed by atoms with Crippen LogP contribution in [-0.4, -0.2) is 6.03 Å². The Labute approximate surface area is 112 Å². The molecule has 0 saturated heterocycles. The molecule has 0 aliphatic rings. The SMILES string of the molecule is CC.O=C(Nc1ccccc1)Nc1ccc(F)cc1. The van der Waals surface area contributed by atoms with Gasteiger partial charge in [0.1, 0.15) is 5.82 Å². The first-order valence-corrected chi connectivity index (χ1v) is 6.13. The van der Waals surface area contributed by atoms with E-state index >= 15 is 0 Å². The molecule has 0 radical (unpaired) electrons. The lowest BCUT2D eigenvalue weighted by Gasteiger charge is -2.07. The van der Waals surface area contributed by atoms with E-state index in [-0.39, 0.29) is 11.8 Å². The third-order valence-electron chi connectivity index (χ3n) is 2.13. The van der Waals surface area contributed by atoms with Crippen molar-refractivity contribution in [2.45, 2.75) is 13.8 Å². The molecule has 0 spiro atoms. The largest absolute Gasteiger partial charge is 0.323 e. The summed E-state index contributed by atoms with van der Waals surface area (Å²) in [7, 11) is 0. The number of hydrogen-bond acceptors (Lipinski definition) is 1. The molecule has 2 aromatic rings. The van der Waals surface area contributed by atoms with Crippen molar-refractivity contribution < 1.29 is 9.18 Å². The van der Waals surface area contributed by atoms with Gasteiger partial charge in [0.15, 0.2) is 0 Å². The Morgan fingerprint density at radius 2 is 1.32 bits per heavy atom. The van der Waals surface area contributed by atoms with Gasteiger partial charge in [-0.2, -0.15) is 0 Å². The normalized spacial score (nSPS) is 9.00. The number of hydrogen-bond donors (Lipinski definition) is 2. The summed E-state index contributed by atoms with van der Waals surface area (Å²) in [5.74, 6) is -0.334. The van der Waals surface area contributed by atoms with Crippen LogP contribution in [0.5, 0.6) is 0 Å². The van der Waals surface area contributed by atoms with Crippen LogP contribution in [0.3, 0.4) is 0 Å². The maximum absolute atomic E-state index is 12.6. The highest BCUT2D eigenvalue weighted by atomic mass is 19.1. The van der Waals surface area contributed by atoms with Gasteiger partial charge >= 0.3 is 6.03 Å². The number of amides is 2. The minimum Gasteiger partial charge on any atom is -0.308 e. The van der Waals surface area contributed by atoms with Crippen LogP contribution in [-0.2, 0) is 0 Å². The van der Waals surface area contributed by atoms with Gasteiger partial charge in [0.2, 0.25) is 0 Å². The molecule has 2 aromatic carbocycles. The standard InChI is InChI=1S/C13H11FN2O.C2H6/c14-10-6-8-12(9-7-10)16-13(17)15-11-4-2-1-3-5-11;1-2/h1-9H,(H2,15,16,17);1-2H3. The number of urea groups is 1. The Balaban J connectivity index is 0.000000861. The van der Waals surface area contributed by atoms with Crippen LogP contribution in [0.15, 0.2) is 54.6 Å². The lowest BCUT2D eigenvalue weighted by atomic mass is 10.3. The van der Waals surface area contributed by atoms with E-state index in [1.54, 1.807) is 12.1 Å². The summed E-state index contributed by atoms with van der Waals surface area (Å²) in [6.45, 7) is 4.00. The highest BCUT2D eigenvalue weighted by Gasteiger charge is 2.01. The predicted molar refractivity (Wildman–Crippen MR) is 76.8 cm³/mol. The molecule has 4 heteroatoms. The van der Waals surface area contributed by atoms with Crippen LogP contribution in [0.25, 0.3) is 0 Å². The van der Waals surface area contributed by atoms with Crippen LogP contribution in [0.2, 0.25) is 0 Å². The summed E-state index contributed by atoms with van der Waals surface area (Å²) < 4.78 is 12.6. The summed E-state index contributed by atoms with van der Waals surface area (Å²) in [6, 6.07) is 14.3. The average Bonchev–Trinajstić information content (AvgIpc) is 2.45. The molecule has 2 N–H and O–H groups in total. The summed E-state index contributed by atoms with van der Waals surface area (Å²) >= 11 is 0. The molecule has 2 rings (SSSR count). The van der Waals surface area contributed by atoms with Crippen molar-refractivity contribution in [2.24, 2.45) is 0 Å². The van der Waals surface area contributed by atoms with Gasteiger partial charge in [0.05, 0.1) is 0 Å². The third-order valence-corrected chi connectivity index (χ3v) is 2.13. The molecule has 0 aromatic heterocycles. The number of halogens is 1. The first kappa shape index (κ1) is 14.7. The first-order chi connectivity index (χ1) is 9.24. The third kappa shape index (κ3) is 5.21. The number of para-hydroxylation sites is 1. The van der Waals surface area contributed by atoms with Crippen LogP contribution in [0.4, 0.5) is 20.6 Å². The fourth-order valence-corrected chi connectivity index (χ4v) is 1.35. The topological polar surface area (TPSA) is 41.1 Å². The minimum absolute atomic E-state index is 0.334. The molecule has 0 fully saturated rings. The molecule has 100 valence electrons. The lowest BCUT2D eigenvalue weighted by Crippen LogP contribution is -2.19. The van der Waals surface area contributed by atoms with E-state index in [4.69, 9.17) is 0 Å². The highest BCUT2D eigenvalue weighted by Crippen LogP contribution is 2.10. The second-order valence-corrected chi connectivity index (χ2v) is 3.45. The number of carbonyl (C=O) groups excluding carboxylic acids is 1. The van der Waals surface area contributed by atoms with Crippen LogP contribution >= 0.6 is 0 Å². The van der Waals surface area contributed by atoms with Gasteiger partial charge in [-0.05, 0) is 36.4 Å². The van der Waals surface area contributed by atoms with E-state index in [2.05, 4.69) is 10.6 Å². The van der Waals surface area contributed by atoms with Crippen molar-refractivity contribution in [1.82, 2.24) is 0 Å². The van der Waals surface area contributed by atoms with Gasteiger partial charge in [-0.25, -0.2) is 9.18 Å². The Morgan fingerprint density at radius 3 is 1.84 bits per heavy atom. The lowest BCUT2D eigenvalue weighted by molar-refractivity contribution is 0.262. The van der Waals surface area contributed by atoms with E-state index in [1.165, 1.54) is 24.3 Å². The summed E-state index contributed by atoms with van der Waals surface area (Å²) in [6.07, 6.45) is 0. The Kier molecular flexibility index (Phi) is 6.09. The summed E-state index contributed by atoms with van der Waals surface area (Å²) in [5.41, 5.74) is 1.24. The van der Waals surface area contributed by atoms with Crippen molar-refractivity contribution in [3.05, 3.63) is 60.4 Å². The Bertz CT molecular complexity index is 497. The van der Waals surface area contributed by atoms with Gasteiger partial charge in [-0.3, -0.25) is 0 Å². The monoisotopic (exact) mass is 260 g/mol. The zero-order valence-electron chi connectivity index (χ0n) is 11.0. The molecule has 0 saturated carbocycles. The summed E-state index contributed by atoms with van der Waals surface area (Å²) in [5, 5.41) is 5.26. The molecule has 0 heterocycles. The molecule has 0 aliphatic carbocycles. The second kappa shape index (κ2) is 7.87. The molecular formula is C15H17FN2O. The average molecular weight is 260 g/mol. The molecule has 3 nitrogen and oxygen atoms in total. The Morgan fingerprint density at radius 1 is 0.842 bits per heavy atom. The second-order valence-electron chi connectivity index (χ2n) is 3.45. The molecular weight excluding hydrogens is 243 g/mol. The van der Waals surface area contributed by atoms with Crippen LogP contribution < -0.4 is 10.6 Å². The van der Waals surface area contributed by atoms with E-state index in [0.29, 0.717) is 11.4 Å². The molecule has 0 unspecified atom stereocenters. The van der Waals surface area contributed by atoms with Gasteiger partial charge in [0, 0.05) is 11.4 Å². The number of anilines is 2. The zero-order valence-corrected chi connectivity index (χ0v) is 11.0. The van der Waals surface area contributed by atoms with E-state index in [1.807, 2.05) is 32.0 Å². The van der Waals surface area contributed by atoms with Crippen molar-refractivity contribution in [3.8, 4) is 0 Å². The van der Waals surface area contributed by atoms with Crippen LogP contribution in [0, 0.1) is 5.82 Å². The predicted octanol–water partition coefficient (Wildman–Crippen LogP) is 4.50. The Hall–Kier alpha value is -2.36. The summed E-state index contributed by atoms with van der Waals surface area (Å²) in [4.78, 5) is 11.6. The number of carbonyl (C=O) groups is 1. The molecule has 19 heavy (non-hydrogen) atoms. The van der Waals surface area contributed by atoms with E-state index in [9.17, 15) is 9.18 Å². The first-order valence-electron chi connectivity index (χ1n) is 6.13. The fraction of sp³-hybridized carbons (Fsp3) is 0.133. The molecule has 0 bridgehead atoms. The fourth-order valence-electron chi connectivity index (χ4n) is 1.35. The maximum atomic E-state index is 12.6. The molecule has 0 atom stereocenters. The van der Waals surface area contributed by atoms with Crippen molar-refractivity contribution >= 4 is 17.4 Å². The zero-order chi connectivity index (χ0) is 14.1. The van der Waals surface area contributed by atoms with Crippen LogP contribution in [0.1, 0.15) is 13.8 Å². The number of benzene rings is 2. The van der Waals surface area contributed by atoms with Gasteiger partial charge < -0.3 is 10.6 Å². The van der Waals surface area contributed by atoms with Gasteiger partial charge in [0.25, 0.3) is 0 Å². The number of rotatable bonds is 2. The van der Waals surface area contributed by atoms with E-state index < -0.39 is 0 Å². The molecule has 0 aliphatic heterocycles. The van der Waals surface area contributed by atoms with Crippen molar-refractivity contribution in [3.63, 3.8) is 0 Å². The number of nitrogens with one attached hydrogen (secondary N) is 2. The maximum Gasteiger partial charge on any atom is 0.323 e. The minimum atomic E-state index is -0.359. The molecule has 2 amide bonds. The quantitative estimate of drug-likeness (QED) is 0.820. The highest BCUT2D eigenvalue weighted by molar-refractivity contribution is 5.99. The van der Waals surface area contributed by atoms with E-state index in [0.717, 1.165) is 0 Å². The van der Waals surface area contributed by atoms with Crippen molar-refractivity contribution in [1.29, 1.82) is 0 Å². The van der Waals surface area contributed by atoms with Crippen molar-refractivity contribution in [2.75, 3.05) is 10.6 Å².